The lowest BCUT2D eigenvalue weighted by Gasteiger charge is -2.32. The Bertz CT molecular complexity index is 1410. The molecule has 11 heteroatoms. The Kier molecular flexibility index (Phi) is 9.57. The Hall–Kier alpha value is -2.34. The molecule has 232 valence electrons. The average molecular weight is 620 g/mol. The molecule has 1 aromatic heterocycles. The highest BCUT2D eigenvalue weighted by Gasteiger charge is 2.37. The maximum absolute atomic E-state index is 13.5. The van der Waals surface area contributed by atoms with Crippen LogP contribution in [0.25, 0.3) is 10.4 Å². The van der Waals surface area contributed by atoms with Crippen molar-refractivity contribution in [2.45, 2.75) is 114 Å². The van der Waals surface area contributed by atoms with E-state index in [-0.39, 0.29) is 28.9 Å². The van der Waals surface area contributed by atoms with Crippen LogP contribution in [-0.4, -0.2) is 49.1 Å². The first-order valence-corrected chi connectivity index (χ1v) is 17.1. The predicted molar refractivity (Wildman–Crippen MR) is 164 cm³/mol. The molecule has 4 rings (SSSR count). The summed E-state index contributed by atoms with van der Waals surface area (Å²) in [6, 6.07) is 5.16. The Morgan fingerprint density at radius 1 is 1.07 bits per heavy atom. The van der Waals surface area contributed by atoms with Crippen molar-refractivity contribution < 1.29 is 27.9 Å². The highest BCUT2D eigenvalue weighted by atomic mass is 32.2. The molecule has 2 fully saturated rings. The predicted octanol–water partition coefficient (Wildman–Crippen LogP) is 6.05. The molecule has 2 aliphatic carbocycles. The summed E-state index contributed by atoms with van der Waals surface area (Å²) in [6.45, 7) is 11.4. The van der Waals surface area contributed by atoms with Crippen LogP contribution in [0.15, 0.2) is 23.1 Å². The lowest BCUT2D eigenvalue weighted by atomic mass is 9.80. The minimum Gasteiger partial charge on any atom is -0.481 e. The first-order valence-electron chi connectivity index (χ1n) is 14.8. The zero-order chi connectivity index (χ0) is 31.0. The summed E-state index contributed by atoms with van der Waals surface area (Å²) in [7, 11) is -2.12. The molecule has 42 heavy (non-hydrogen) atoms. The van der Waals surface area contributed by atoms with Crippen molar-refractivity contribution >= 4 is 33.2 Å². The van der Waals surface area contributed by atoms with E-state index in [1.165, 1.54) is 17.8 Å². The van der Waals surface area contributed by atoms with Crippen LogP contribution in [0.3, 0.4) is 0 Å². The number of rotatable bonds is 9. The molecule has 1 aromatic carbocycles. The van der Waals surface area contributed by atoms with Crippen LogP contribution in [0.5, 0.6) is 0 Å². The number of nitrogens with one attached hydrogen (secondary N) is 2. The van der Waals surface area contributed by atoms with E-state index >= 15 is 0 Å². The van der Waals surface area contributed by atoms with E-state index in [0.717, 1.165) is 36.1 Å². The molecule has 0 spiro atoms. The molecule has 1 atom stereocenters. The van der Waals surface area contributed by atoms with Gasteiger partial charge in [0.1, 0.15) is 6.10 Å². The molecule has 2 aliphatic rings. The minimum absolute atomic E-state index is 0.196. The van der Waals surface area contributed by atoms with Crippen molar-refractivity contribution in [3.05, 3.63) is 34.5 Å². The number of hydrogen-bond acceptors (Lipinski definition) is 7. The SMILES string of the molecule is COC(c1nc(C(=O)NC2CC(C(=O)O)C2)sc1-c1ccc(S(=O)(=O)NC(C)(C)C)c(C(C)(C)C)c1)C1CCCCC1. The standard InChI is InChI=1S/C31H45N3O6S2/c1-30(2,3)22-17-19(13-14-23(22)42(38,39)34-31(4,5)6)26-24(25(40-7)18-11-9-8-10-12-18)33-28(41-26)27(35)32-21-15-20(16-21)29(36)37/h13-14,17-18,20-21,25,34H,8-12,15-16H2,1-7H3,(H,32,35)(H,36,37). The van der Waals surface area contributed by atoms with Crippen molar-refractivity contribution in [1.82, 2.24) is 15.0 Å². The van der Waals surface area contributed by atoms with E-state index in [9.17, 15) is 23.1 Å². The van der Waals surface area contributed by atoms with E-state index in [4.69, 9.17) is 9.72 Å². The normalized spacial score (nSPS) is 21.0. The monoisotopic (exact) mass is 619 g/mol. The molecule has 2 saturated carbocycles. The summed E-state index contributed by atoms with van der Waals surface area (Å²) in [5.41, 5.74) is 1.02. The number of carbonyl (C=O) groups is 2. The third-order valence-corrected chi connectivity index (χ3v) is 11.0. The van der Waals surface area contributed by atoms with Gasteiger partial charge in [-0.05, 0) is 81.0 Å². The molecule has 0 bridgehead atoms. The van der Waals surface area contributed by atoms with E-state index in [2.05, 4.69) is 10.0 Å². The van der Waals surface area contributed by atoms with Gasteiger partial charge in [0.15, 0.2) is 5.01 Å². The number of carboxylic acids is 1. The number of sulfonamides is 1. The van der Waals surface area contributed by atoms with Crippen molar-refractivity contribution in [3.63, 3.8) is 0 Å². The van der Waals surface area contributed by atoms with Crippen LogP contribution in [0.2, 0.25) is 0 Å². The molecular weight excluding hydrogens is 574 g/mol. The van der Waals surface area contributed by atoms with Gasteiger partial charge in [-0.3, -0.25) is 9.59 Å². The van der Waals surface area contributed by atoms with Crippen molar-refractivity contribution in [1.29, 1.82) is 0 Å². The zero-order valence-electron chi connectivity index (χ0n) is 25.7. The van der Waals surface area contributed by atoms with Crippen LogP contribution in [0, 0.1) is 11.8 Å². The quantitative estimate of drug-likeness (QED) is 0.311. The smallest absolute Gasteiger partial charge is 0.306 e. The van der Waals surface area contributed by atoms with E-state index in [1.807, 2.05) is 47.6 Å². The zero-order valence-corrected chi connectivity index (χ0v) is 27.4. The number of ether oxygens (including phenoxy) is 1. The first kappa shape index (κ1) is 32.6. The maximum Gasteiger partial charge on any atom is 0.306 e. The lowest BCUT2D eigenvalue weighted by molar-refractivity contribution is -0.145. The molecule has 0 saturated heterocycles. The van der Waals surface area contributed by atoms with E-state index in [1.54, 1.807) is 19.2 Å². The van der Waals surface area contributed by atoms with Crippen molar-refractivity contribution in [3.8, 4) is 10.4 Å². The summed E-state index contributed by atoms with van der Waals surface area (Å²) in [5.74, 6) is -1.33. The largest absolute Gasteiger partial charge is 0.481 e. The van der Waals surface area contributed by atoms with Crippen LogP contribution in [-0.2, 0) is 25.0 Å². The van der Waals surface area contributed by atoms with Crippen molar-refractivity contribution in [2.24, 2.45) is 11.8 Å². The summed E-state index contributed by atoms with van der Waals surface area (Å²) in [6.07, 6.45) is 5.96. The topological polar surface area (TPSA) is 135 Å². The fourth-order valence-electron chi connectivity index (χ4n) is 5.93. The molecule has 1 amide bonds. The molecule has 9 nitrogen and oxygen atoms in total. The van der Waals surface area contributed by atoms with E-state index in [0.29, 0.717) is 29.1 Å². The third kappa shape index (κ3) is 7.41. The summed E-state index contributed by atoms with van der Waals surface area (Å²) in [4.78, 5) is 30.4. The Balaban J connectivity index is 1.78. The van der Waals surface area contributed by atoms with Gasteiger partial charge in [-0.25, -0.2) is 18.1 Å². The van der Waals surface area contributed by atoms with Gasteiger partial charge in [0.05, 0.1) is 21.4 Å². The Labute approximate surface area is 253 Å². The molecular formula is C31H45N3O6S2. The molecule has 0 aliphatic heterocycles. The van der Waals surface area contributed by atoms with Crippen LogP contribution in [0.1, 0.15) is 114 Å². The van der Waals surface area contributed by atoms with Crippen LogP contribution in [0.4, 0.5) is 0 Å². The van der Waals surface area contributed by atoms with Gasteiger partial charge in [-0.2, -0.15) is 0 Å². The minimum atomic E-state index is -3.80. The number of aromatic nitrogens is 1. The number of amides is 1. The highest BCUT2D eigenvalue weighted by molar-refractivity contribution is 7.89. The number of carboxylic acid groups (broad SMARTS) is 1. The number of carbonyl (C=O) groups excluding carboxylic acids is 1. The summed E-state index contributed by atoms with van der Waals surface area (Å²) in [5, 5.41) is 12.4. The van der Waals surface area contributed by atoms with Gasteiger partial charge in [0.2, 0.25) is 10.0 Å². The second-order valence-corrected chi connectivity index (χ2v) is 16.4. The third-order valence-electron chi connectivity index (χ3n) is 8.05. The summed E-state index contributed by atoms with van der Waals surface area (Å²) < 4.78 is 35.7. The van der Waals surface area contributed by atoms with Gasteiger partial charge in [-0.15, -0.1) is 11.3 Å². The number of hydrogen-bond donors (Lipinski definition) is 3. The summed E-state index contributed by atoms with van der Waals surface area (Å²) >= 11 is 1.27. The second-order valence-electron chi connectivity index (χ2n) is 13.8. The number of aliphatic carboxylic acids is 1. The van der Waals surface area contributed by atoms with Gasteiger partial charge < -0.3 is 15.2 Å². The van der Waals surface area contributed by atoms with Crippen LogP contribution < -0.4 is 10.0 Å². The fraction of sp³-hybridized carbons (Fsp3) is 0.645. The van der Waals surface area contributed by atoms with Gasteiger partial charge >= 0.3 is 5.97 Å². The Morgan fingerprint density at radius 3 is 2.26 bits per heavy atom. The van der Waals surface area contributed by atoms with Gasteiger partial charge in [0, 0.05) is 18.7 Å². The molecule has 3 N–H and O–H groups in total. The van der Waals surface area contributed by atoms with Crippen molar-refractivity contribution in [2.75, 3.05) is 7.11 Å². The molecule has 2 aromatic rings. The molecule has 0 radical (unpaired) electrons. The van der Waals surface area contributed by atoms with Gasteiger partial charge in [-0.1, -0.05) is 46.1 Å². The second kappa shape index (κ2) is 12.3. The average Bonchev–Trinajstić information content (AvgIpc) is 3.29. The molecule has 1 unspecified atom stereocenters. The number of thiazole rings is 1. The highest BCUT2D eigenvalue weighted by Crippen LogP contribution is 2.44. The first-order chi connectivity index (χ1) is 19.5. The Morgan fingerprint density at radius 2 is 1.71 bits per heavy atom. The van der Waals surface area contributed by atoms with E-state index < -0.39 is 32.9 Å². The number of methoxy groups -OCH3 is 1. The maximum atomic E-state index is 13.5. The number of nitrogens with zero attached hydrogens (tertiary/aromatic N) is 1. The molecule has 1 heterocycles. The number of benzene rings is 1. The van der Waals surface area contributed by atoms with Gasteiger partial charge in [0.25, 0.3) is 5.91 Å². The lowest BCUT2D eigenvalue weighted by Crippen LogP contribution is -2.46. The van der Waals surface area contributed by atoms with Crippen LogP contribution >= 0.6 is 11.3 Å². The fourth-order valence-corrected chi connectivity index (χ4v) is 8.75.